The molecule has 0 saturated heterocycles. The largest absolute Gasteiger partial charge is 0.309 e. The Labute approximate surface area is 341 Å². The third-order valence-electron chi connectivity index (χ3n) is 12.2. The summed E-state index contributed by atoms with van der Waals surface area (Å²) in [5.41, 5.74) is 8.01. The van der Waals surface area contributed by atoms with Crippen LogP contribution >= 0.6 is 22.7 Å². The van der Waals surface area contributed by atoms with Crippen LogP contribution in [0.4, 0.5) is 0 Å². The maximum absolute atomic E-state index is 5.78. The Morgan fingerprint density at radius 3 is 2.03 bits per heavy atom. The summed E-state index contributed by atoms with van der Waals surface area (Å²) in [4.78, 5) is 5.78. The summed E-state index contributed by atoms with van der Waals surface area (Å²) in [5, 5.41) is 15.1. The minimum absolute atomic E-state index is 0.721. The Morgan fingerprint density at radius 1 is 0.466 bits per heavy atom. The van der Waals surface area contributed by atoms with Crippen LogP contribution in [0.5, 0.6) is 0 Å². The minimum Gasteiger partial charge on any atom is -0.309 e. The van der Waals surface area contributed by atoms with Gasteiger partial charge in [-0.3, -0.25) is 4.99 Å². The molecule has 1 aliphatic heterocycles. The molecule has 9 aromatic carbocycles. The molecule has 0 spiro atoms. The molecule has 0 atom stereocenters. The Kier molecular flexibility index (Phi) is 6.85. The molecule has 1 aliphatic rings. The van der Waals surface area contributed by atoms with Gasteiger partial charge in [-0.2, -0.15) is 0 Å². The lowest BCUT2D eigenvalue weighted by atomic mass is 9.99. The molecule has 4 heteroatoms. The SMILES string of the molecule is C1=c2ccccc2=C(c2ccc3sc4ccccc4c3c2)N=C(c2cc(-n3c4ccccc4c4ccc5c6ccccc6ccc5c43)cc3c2sc2ccccc23)C1. The van der Waals surface area contributed by atoms with E-state index in [4.69, 9.17) is 4.99 Å². The molecule has 0 N–H and O–H groups in total. The number of benzene rings is 9. The smallest absolute Gasteiger partial charge is 0.0784 e. The Morgan fingerprint density at radius 2 is 1.14 bits per heavy atom. The monoisotopic (exact) mass is 772 g/mol. The van der Waals surface area contributed by atoms with E-state index >= 15 is 0 Å². The average molecular weight is 773 g/mol. The lowest BCUT2D eigenvalue weighted by Gasteiger charge is -2.15. The van der Waals surface area contributed by atoms with Crippen LogP contribution in [0.1, 0.15) is 17.5 Å². The highest BCUT2D eigenvalue weighted by Gasteiger charge is 2.22. The van der Waals surface area contributed by atoms with E-state index in [0.29, 0.717) is 0 Å². The number of hydrogen-bond donors (Lipinski definition) is 0. The molecule has 58 heavy (non-hydrogen) atoms. The first kappa shape index (κ1) is 32.3. The molecule has 0 radical (unpaired) electrons. The van der Waals surface area contributed by atoms with E-state index in [1.165, 1.54) is 99.7 Å². The molecular formula is C54H32N2S2. The lowest BCUT2D eigenvalue weighted by Crippen LogP contribution is -2.25. The summed E-state index contributed by atoms with van der Waals surface area (Å²) in [7, 11) is 0. The summed E-state index contributed by atoms with van der Waals surface area (Å²) in [6.07, 6.45) is 3.10. The van der Waals surface area contributed by atoms with Gasteiger partial charge in [0.2, 0.25) is 0 Å². The molecule has 270 valence electrons. The van der Waals surface area contributed by atoms with E-state index in [0.717, 1.165) is 29.1 Å². The summed E-state index contributed by atoms with van der Waals surface area (Å²) >= 11 is 3.74. The average Bonchev–Trinajstić information content (AvgIpc) is 3.91. The number of para-hydroxylation sites is 1. The van der Waals surface area contributed by atoms with Crippen molar-refractivity contribution in [3.8, 4) is 5.69 Å². The third-order valence-corrected chi connectivity index (χ3v) is 14.6. The highest BCUT2D eigenvalue weighted by Crippen LogP contribution is 2.43. The van der Waals surface area contributed by atoms with Crippen LogP contribution in [0.25, 0.3) is 101 Å². The molecule has 4 heterocycles. The van der Waals surface area contributed by atoms with Crippen molar-refractivity contribution in [3.05, 3.63) is 197 Å². The van der Waals surface area contributed by atoms with Gasteiger partial charge in [-0.05, 0) is 63.8 Å². The van der Waals surface area contributed by atoms with E-state index in [-0.39, 0.29) is 0 Å². The first-order valence-electron chi connectivity index (χ1n) is 19.8. The van der Waals surface area contributed by atoms with Gasteiger partial charge in [0.25, 0.3) is 0 Å². The molecule has 0 unspecified atom stereocenters. The highest BCUT2D eigenvalue weighted by atomic mass is 32.1. The predicted octanol–water partition coefficient (Wildman–Crippen LogP) is 13.7. The molecule has 3 aromatic heterocycles. The molecule has 12 aromatic rings. The number of aromatic nitrogens is 1. The highest BCUT2D eigenvalue weighted by molar-refractivity contribution is 7.26. The zero-order valence-corrected chi connectivity index (χ0v) is 32.9. The second-order valence-corrected chi connectivity index (χ2v) is 17.5. The zero-order chi connectivity index (χ0) is 37.9. The van der Waals surface area contributed by atoms with Crippen molar-refractivity contribution in [2.24, 2.45) is 4.99 Å². The Bertz CT molecular complexity index is 3890. The van der Waals surface area contributed by atoms with Gasteiger partial charge < -0.3 is 4.57 Å². The molecular weight excluding hydrogens is 741 g/mol. The zero-order valence-electron chi connectivity index (χ0n) is 31.2. The summed E-state index contributed by atoms with van der Waals surface area (Å²) < 4.78 is 7.70. The fourth-order valence-corrected chi connectivity index (χ4v) is 11.9. The van der Waals surface area contributed by atoms with Crippen LogP contribution < -0.4 is 10.4 Å². The first-order chi connectivity index (χ1) is 28.7. The molecule has 0 saturated carbocycles. The van der Waals surface area contributed by atoms with Crippen LogP contribution in [0.2, 0.25) is 0 Å². The summed E-state index contributed by atoms with van der Waals surface area (Å²) in [6.45, 7) is 0. The van der Waals surface area contributed by atoms with Crippen molar-refractivity contribution in [1.82, 2.24) is 4.57 Å². The Balaban J connectivity index is 1.12. The van der Waals surface area contributed by atoms with Crippen LogP contribution in [-0.4, -0.2) is 10.3 Å². The van der Waals surface area contributed by atoms with Gasteiger partial charge in [0.1, 0.15) is 0 Å². The third kappa shape index (κ3) is 4.67. The van der Waals surface area contributed by atoms with Gasteiger partial charge in [-0.15, -0.1) is 22.7 Å². The lowest BCUT2D eigenvalue weighted by molar-refractivity contribution is 1.19. The van der Waals surface area contributed by atoms with Crippen LogP contribution in [0, 0.1) is 0 Å². The van der Waals surface area contributed by atoms with E-state index in [1.54, 1.807) is 0 Å². The normalized spacial score (nSPS) is 13.3. The molecule has 0 amide bonds. The summed E-state index contributed by atoms with van der Waals surface area (Å²) in [6, 6.07) is 65.1. The van der Waals surface area contributed by atoms with Gasteiger partial charge in [-0.1, -0.05) is 140 Å². The second-order valence-electron chi connectivity index (χ2n) is 15.4. The van der Waals surface area contributed by atoms with E-state index in [2.05, 4.69) is 187 Å². The van der Waals surface area contributed by atoms with E-state index < -0.39 is 0 Å². The number of fused-ring (bicyclic) bond motifs is 14. The van der Waals surface area contributed by atoms with Gasteiger partial charge in [0, 0.05) is 85.0 Å². The van der Waals surface area contributed by atoms with E-state index in [1.807, 2.05) is 22.7 Å². The van der Waals surface area contributed by atoms with Crippen molar-refractivity contribution < 1.29 is 0 Å². The van der Waals surface area contributed by atoms with Gasteiger partial charge >= 0.3 is 0 Å². The number of nitrogens with zero attached hydrogens (tertiary/aromatic N) is 2. The number of hydrogen-bond acceptors (Lipinski definition) is 3. The van der Waals surface area contributed by atoms with Crippen molar-refractivity contribution in [2.45, 2.75) is 6.42 Å². The first-order valence-corrected chi connectivity index (χ1v) is 21.5. The molecule has 0 fully saturated rings. The summed E-state index contributed by atoms with van der Waals surface area (Å²) in [5.74, 6) is 0. The van der Waals surface area contributed by atoms with Crippen molar-refractivity contribution in [1.29, 1.82) is 0 Å². The standard InChI is InChI=1S/C54H32N2S2/c1-3-13-36-32(11-1)21-24-42-38(36)25-26-43-39-15-5-8-18-48(39)56(53(42)43)35-30-45-41-17-7-10-20-50(41)58-54(45)46(31-35)47-27-22-33-12-2-4-14-37(33)52(55-47)34-23-28-51-44(29-34)40-16-6-9-19-49(40)57-51/h1-26,28-31H,27H2. The van der Waals surface area contributed by atoms with Crippen LogP contribution in [0.15, 0.2) is 181 Å². The van der Waals surface area contributed by atoms with Crippen LogP contribution in [-0.2, 0) is 0 Å². The second kappa shape index (κ2) is 12.3. The van der Waals surface area contributed by atoms with Crippen molar-refractivity contribution in [3.63, 3.8) is 0 Å². The van der Waals surface area contributed by atoms with Crippen molar-refractivity contribution in [2.75, 3.05) is 0 Å². The van der Waals surface area contributed by atoms with Crippen LogP contribution in [0.3, 0.4) is 0 Å². The van der Waals surface area contributed by atoms with E-state index in [9.17, 15) is 0 Å². The quantitative estimate of drug-likeness (QED) is 0.159. The molecule has 0 bridgehead atoms. The van der Waals surface area contributed by atoms with Gasteiger partial charge in [0.05, 0.1) is 22.4 Å². The number of aliphatic imine (C=N–C) groups is 1. The fraction of sp³-hybridized carbons (Fsp3) is 0.0185. The maximum atomic E-state index is 5.78. The number of thiophene rings is 2. The fourth-order valence-electron chi connectivity index (χ4n) is 9.57. The Hall–Kier alpha value is -6.85. The molecule has 13 rings (SSSR count). The maximum Gasteiger partial charge on any atom is 0.0784 e. The number of rotatable bonds is 3. The minimum atomic E-state index is 0.721. The van der Waals surface area contributed by atoms with Crippen molar-refractivity contribution >= 4 is 124 Å². The van der Waals surface area contributed by atoms with Gasteiger partial charge in [0.15, 0.2) is 0 Å². The predicted molar refractivity (Wildman–Crippen MR) is 252 cm³/mol. The van der Waals surface area contributed by atoms with Gasteiger partial charge in [-0.25, -0.2) is 0 Å². The molecule has 2 nitrogen and oxygen atoms in total. The molecule has 0 aliphatic carbocycles. The topological polar surface area (TPSA) is 17.3 Å².